The van der Waals surface area contributed by atoms with Crippen LogP contribution in [0.4, 0.5) is 0 Å². The maximum atomic E-state index is 5.72. The number of fused-ring (bicyclic) bond motifs is 1. The Morgan fingerprint density at radius 1 is 0.963 bits per heavy atom. The van der Waals surface area contributed by atoms with Crippen LogP contribution in [0.15, 0.2) is 76.8 Å². The van der Waals surface area contributed by atoms with E-state index in [1.54, 1.807) is 11.8 Å². The molecule has 0 aliphatic rings. The molecule has 0 amide bonds. The minimum Gasteiger partial charge on any atom is -0.395 e. The van der Waals surface area contributed by atoms with Gasteiger partial charge in [0.05, 0.1) is 0 Å². The molecule has 0 aliphatic heterocycles. The van der Waals surface area contributed by atoms with Gasteiger partial charge in [-0.05, 0) is 49.7 Å². The van der Waals surface area contributed by atoms with Gasteiger partial charge in [0.1, 0.15) is 12.3 Å². The molecule has 0 bridgehead atoms. The lowest BCUT2D eigenvalue weighted by molar-refractivity contribution is 0.135. The summed E-state index contributed by atoms with van der Waals surface area (Å²) in [5.74, 6) is 0. The molecular weight excluding hydrogens is 352 g/mol. The van der Waals surface area contributed by atoms with Gasteiger partial charge < -0.3 is 9.74 Å². The largest absolute Gasteiger partial charge is 0.395 e. The molecule has 0 radical (unpaired) electrons. The number of thioether (sulfide) groups is 1. The molecule has 0 fully saturated rings. The molecule has 4 heteroatoms. The van der Waals surface area contributed by atoms with Crippen molar-refractivity contribution in [2.75, 3.05) is 33.5 Å². The zero-order valence-corrected chi connectivity index (χ0v) is 17.0. The van der Waals surface area contributed by atoms with Crippen LogP contribution in [0.5, 0.6) is 0 Å². The Labute approximate surface area is 166 Å². The van der Waals surface area contributed by atoms with E-state index in [1.807, 2.05) is 0 Å². The summed E-state index contributed by atoms with van der Waals surface area (Å²) < 4.78 is 0. The lowest BCUT2D eigenvalue weighted by Gasteiger charge is -2.12. The van der Waals surface area contributed by atoms with Gasteiger partial charge in [0, 0.05) is 22.6 Å². The summed E-state index contributed by atoms with van der Waals surface area (Å²) in [5, 5.41) is 6.95. The molecule has 3 rings (SSSR count). The molecule has 0 aromatic heterocycles. The maximum absolute atomic E-state index is 5.72. The quantitative estimate of drug-likeness (QED) is 0.231. The Hall–Kier alpha value is -2.30. The number of hydrogen-bond acceptors (Lipinski definition) is 4. The number of benzene rings is 3. The van der Waals surface area contributed by atoms with Crippen LogP contribution in [0.2, 0.25) is 0 Å². The van der Waals surface area contributed by atoms with Crippen molar-refractivity contribution < 1.29 is 4.84 Å². The molecule has 27 heavy (non-hydrogen) atoms. The van der Waals surface area contributed by atoms with Gasteiger partial charge in [-0.25, -0.2) is 0 Å². The molecule has 0 saturated carbocycles. The van der Waals surface area contributed by atoms with E-state index in [2.05, 4.69) is 97.1 Å². The molecule has 3 aromatic carbocycles. The minimum absolute atomic E-state index is 0.606. The predicted molar refractivity (Wildman–Crippen MR) is 117 cm³/mol. The second-order valence-electron chi connectivity index (χ2n) is 6.69. The Morgan fingerprint density at radius 2 is 1.70 bits per heavy atom. The normalized spacial score (nSPS) is 11.9. The smallest absolute Gasteiger partial charge is 0.118 e. The first-order chi connectivity index (χ1) is 13.2. The van der Waals surface area contributed by atoms with Crippen molar-refractivity contribution in [1.29, 1.82) is 0 Å². The first-order valence-corrected chi connectivity index (χ1v) is 10.4. The number of hydrogen-bond donors (Lipinski definition) is 0. The maximum Gasteiger partial charge on any atom is 0.118 e. The monoisotopic (exact) mass is 378 g/mol. The van der Waals surface area contributed by atoms with Crippen LogP contribution in [0.1, 0.15) is 17.5 Å². The van der Waals surface area contributed by atoms with E-state index in [1.165, 1.54) is 15.7 Å². The summed E-state index contributed by atoms with van der Waals surface area (Å²) >= 11 is 1.74. The highest BCUT2D eigenvalue weighted by Crippen LogP contribution is 2.23. The van der Waals surface area contributed by atoms with Gasteiger partial charge in [-0.2, -0.15) is 0 Å². The standard InChI is InChI=1S/C23H26N2OS/c1-25(2)16-7-17-26-24-23(19-12-14-20(27-3)15-13-19)22-11-6-9-18-8-4-5-10-21(18)22/h4-6,8-15H,7,16-17H2,1-3H3/b24-23+. The van der Waals surface area contributed by atoms with Crippen LogP contribution in [0.3, 0.4) is 0 Å². The van der Waals surface area contributed by atoms with Gasteiger partial charge in [0.25, 0.3) is 0 Å². The van der Waals surface area contributed by atoms with Gasteiger partial charge in [-0.1, -0.05) is 59.8 Å². The fourth-order valence-electron chi connectivity index (χ4n) is 2.99. The average Bonchev–Trinajstić information content (AvgIpc) is 2.70. The average molecular weight is 379 g/mol. The molecule has 0 unspecified atom stereocenters. The van der Waals surface area contributed by atoms with Crippen LogP contribution in [-0.2, 0) is 4.84 Å². The topological polar surface area (TPSA) is 24.8 Å². The highest BCUT2D eigenvalue weighted by Gasteiger charge is 2.12. The van der Waals surface area contributed by atoms with E-state index in [-0.39, 0.29) is 0 Å². The zero-order chi connectivity index (χ0) is 19.1. The zero-order valence-electron chi connectivity index (χ0n) is 16.2. The predicted octanol–water partition coefficient (Wildman–Crippen LogP) is 5.28. The van der Waals surface area contributed by atoms with Crippen molar-refractivity contribution in [2.24, 2.45) is 5.16 Å². The van der Waals surface area contributed by atoms with Crippen molar-refractivity contribution in [3.05, 3.63) is 77.9 Å². The Kier molecular flexibility index (Phi) is 6.91. The van der Waals surface area contributed by atoms with E-state index in [4.69, 9.17) is 4.84 Å². The van der Waals surface area contributed by atoms with Crippen molar-refractivity contribution in [1.82, 2.24) is 4.90 Å². The Balaban J connectivity index is 1.95. The fraction of sp³-hybridized carbons (Fsp3) is 0.261. The van der Waals surface area contributed by atoms with E-state index in [0.29, 0.717) is 6.61 Å². The summed E-state index contributed by atoms with van der Waals surface area (Å²) in [6.07, 6.45) is 3.04. The summed E-state index contributed by atoms with van der Waals surface area (Å²) in [5.41, 5.74) is 3.04. The third kappa shape index (κ3) is 5.12. The summed E-state index contributed by atoms with van der Waals surface area (Å²) in [6.45, 7) is 1.59. The first kappa shape index (κ1) is 19.5. The molecule has 0 N–H and O–H groups in total. The Bertz CT molecular complexity index is 898. The van der Waals surface area contributed by atoms with Gasteiger partial charge >= 0.3 is 0 Å². The molecule has 0 heterocycles. The molecule has 3 nitrogen and oxygen atoms in total. The molecule has 140 valence electrons. The summed E-state index contributed by atoms with van der Waals surface area (Å²) in [4.78, 5) is 9.11. The van der Waals surface area contributed by atoms with E-state index < -0.39 is 0 Å². The lowest BCUT2D eigenvalue weighted by atomic mass is 9.97. The molecule has 0 atom stereocenters. The third-order valence-corrected chi connectivity index (χ3v) is 5.15. The molecule has 0 saturated heterocycles. The lowest BCUT2D eigenvalue weighted by Crippen LogP contribution is -2.14. The van der Waals surface area contributed by atoms with E-state index >= 15 is 0 Å². The second kappa shape index (κ2) is 9.58. The van der Waals surface area contributed by atoms with Crippen molar-refractivity contribution in [3.63, 3.8) is 0 Å². The van der Waals surface area contributed by atoms with E-state index in [0.717, 1.165) is 29.8 Å². The SMILES string of the molecule is CSc1ccc(/C(=N\OCCCN(C)C)c2cccc3ccccc23)cc1. The van der Waals surface area contributed by atoms with Gasteiger partial charge in [0.2, 0.25) is 0 Å². The van der Waals surface area contributed by atoms with Crippen molar-refractivity contribution in [2.45, 2.75) is 11.3 Å². The van der Waals surface area contributed by atoms with Gasteiger partial charge in [0.15, 0.2) is 0 Å². The van der Waals surface area contributed by atoms with Crippen LogP contribution < -0.4 is 0 Å². The Morgan fingerprint density at radius 3 is 2.44 bits per heavy atom. The summed E-state index contributed by atoms with van der Waals surface area (Å²) in [7, 11) is 4.14. The first-order valence-electron chi connectivity index (χ1n) is 9.16. The van der Waals surface area contributed by atoms with E-state index in [9.17, 15) is 0 Å². The fourth-order valence-corrected chi connectivity index (χ4v) is 3.40. The molecule has 3 aromatic rings. The molecule has 0 aliphatic carbocycles. The van der Waals surface area contributed by atoms with Gasteiger partial charge in [-0.3, -0.25) is 0 Å². The van der Waals surface area contributed by atoms with Crippen LogP contribution in [0, 0.1) is 0 Å². The van der Waals surface area contributed by atoms with Crippen molar-refractivity contribution >= 4 is 28.2 Å². The summed E-state index contributed by atoms with van der Waals surface area (Å²) in [6, 6.07) is 23.2. The van der Waals surface area contributed by atoms with Crippen LogP contribution >= 0.6 is 11.8 Å². The van der Waals surface area contributed by atoms with Gasteiger partial charge in [-0.15, -0.1) is 11.8 Å². The molecule has 0 spiro atoms. The highest BCUT2D eigenvalue weighted by molar-refractivity contribution is 7.98. The number of oxime groups is 1. The van der Waals surface area contributed by atoms with Crippen LogP contribution in [0.25, 0.3) is 10.8 Å². The third-order valence-electron chi connectivity index (χ3n) is 4.41. The van der Waals surface area contributed by atoms with Crippen molar-refractivity contribution in [3.8, 4) is 0 Å². The molecular formula is C23H26N2OS. The highest BCUT2D eigenvalue weighted by atomic mass is 32.2. The minimum atomic E-state index is 0.606. The number of nitrogens with zero attached hydrogens (tertiary/aromatic N) is 2. The van der Waals surface area contributed by atoms with Crippen LogP contribution in [-0.4, -0.2) is 44.1 Å². The number of rotatable bonds is 8. The second-order valence-corrected chi connectivity index (χ2v) is 7.56.